The first kappa shape index (κ1) is 12.4. The standard InChI is InChI=1S/C15H16N2O/c1-11(10-17-2)18-15-8-7-12(9-16)13-5-3-4-6-14(13)15/h3-8,11,17H,10H2,1-2H3. The first-order chi connectivity index (χ1) is 8.76. The van der Waals surface area contributed by atoms with Crippen molar-refractivity contribution in [1.29, 1.82) is 5.26 Å². The number of nitrogens with zero attached hydrogens (tertiary/aromatic N) is 1. The molecular formula is C15H16N2O. The molecule has 0 aliphatic rings. The normalized spacial score (nSPS) is 12.1. The summed E-state index contributed by atoms with van der Waals surface area (Å²) in [5, 5.41) is 14.1. The van der Waals surface area contributed by atoms with Crippen LogP contribution in [-0.2, 0) is 0 Å². The van der Waals surface area contributed by atoms with Crippen molar-refractivity contribution in [3.05, 3.63) is 42.0 Å². The van der Waals surface area contributed by atoms with E-state index in [9.17, 15) is 0 Å². The van der Waals surface area contributed by atoms with Crippen molar-refractivity contribution >= 4 is 10.8 Å². The van der Waals surface area contributed by atoms with E-state index in [1.165, 1.54) is 0 Å². The lowest BCUT2D eigenvalue weighted by molar-refractivity contribution is 0.223. The molecule has 18 heavy (non-hydrogen) atoms. The number of hydrogen-bond donors (Lipinski definition) is 1. The molecule has 0 bridgehead atoms. The quantitative estimate of drug-likeness (QED) is 0.893. The van der Waals surface area contributed by atoms with Crippen molar-refractivity contribution < 1.29 is 4.74 Å². The first-order valence-electron chi connectivity index (χ1n) is 5.99. The molecule has 0 amide bonds. The molecular weight excluding hydrogens is 224 g/mol. The molecule has 0 aliphatic heterocycles. The minimum absolute atomic E-state index is 0.0892. The second kappa shape index (κ2) is 5.52. The molecule has 0 heterocycles. The highest BCUT2D eigenvalue weighted by Gasteiger charge is 2.09. The van der Waals surface area contributed by atoms with Gasteiger partial charge in [0.25, 0.3) is 0 Å². The minimum Gasteiger partial charge on any atom is -0.489 e. The number of hydrogen-bond acceptors (Lipinski definition) is 3. The summed E-state index contributed by atoms with van der Waals surface area (Å²) in [5.41, 5.74) is 0.680. The molecule has 0 fully saturated rings. The molecule has 0 saturated heterocycles. The minimum atomic E-state index is 0.0892. The average Bonchev–Trinajstić information content (AvgIpc) is 2.39. The van der Waals surface area contributed by atoms with Crippen LogP contribution in [0.4, 0.5) is 0 Å². The van der Waals surface area contributed by atoms with Gasteiger partial charge < -0.3 is 10.1 Å². The van der Waals surface area contributed by atoms with Crippen LogP contribution < -0.4 is 10.1 Å². The van der Waals surface area contributed by atoms with Crippen molar-refractivity contribution in [2.75, 3.05) is 13.6 Å². The Morgan fingerprint density at radius 2 is 1.94 bits per heavy atom. The third-order valence-electron chi connectivity index (χ3n) is 2.82. The molecule has 3 heteroatoms. The molecule has 1 atom stereocenters. The van der Waals surface area contributed by atoms with Gasteiger partial charge in [0.1, 0.15) is 11.9 Å². The predicted octanol–water partition coefficient (Wildman–Crippen LogP) is 2.70. The van der Waals surface area contributed by atoms with E-state index in [0.717, 1.165) is 23.1 Å². The van der Waals surface area contributed by atoms with Gasteiger partial charge in [-0.2, -0.15) is 5.26 Å². The third kappa shape index (κ3) is 2.44. The highest BCUT2D eigenvalue weighted by atomic mass is 16.5. The SMILES string of the molecule is CNCC(C)Oc1ccc(C#N)c2ccccc12. The topological polar surface area (TPSA) is 45.0 Å². The number of rotatable bonds is 4. The molecule has 0 aromatic heterocycles. The second-order valence-corrected chi connectivity index (χ2v) is 4.25. The first-order valence-corrected chi connectivity index (χ1v) is 5.99. The van der Waals surface area contributed by atoms with E-state index in [0.29, 0.717) is 5.56 Å². The maximum Gasteiger partial charge on any atom is 0.127 e. The Morgan fingerprint density at radius 3 is 2.61 bits per heavy atom. The lowest BCUT2D eigenvalue weighted by Crippen LogP contribution is -2.26. The van der Waals surface area contributed by atoms with Gasteiger partial charge >= 0.3 is 0 Å². The number of benzene rings is 2. The van der Waals surface area contributed by atoms with Crippen molar-refractivity contribution in [3.63, 3.8) is 0 Å². The summed E-state index contributed by atoms with van der Waals surface area (Å²) < 4.78 is 5.90. The zero-order chi connectivity index (χ0) is 13.0. The van der Waals surface area contributed by atoms with Crippen LogP contribution in [0, 0.1) is 11.3 Å². The molecule has 1 N–H and O–H groups in total. The van der Waals surface area contributed by atoms with E-state index in [2.05, 4.69) is 11.4 Å². The molecule has 2 aromatic carbocycles. The van der Waals surface area contributed by atoms with Crippen molar-refractivity contribution in [1.82, 2.24) is 5.32 Å². The fraction of sp³-hybridized carbons (Fsp3) is 0.267. The van der Waals surface area contributed by atoms with Crippen molar-refractivity contribution in [3.8, 4) is 11.8 Å². The molecule has 92 valence electrons. The van der Waals surface area contributed by atoms with Gasteiger partial charge in [-0.3, -0.25) is 0 Å². The fourth-order valence-electron chi connectivity index (χ4n) is 2.02. The van der Waals surface area contributed by atoms with Gasteiger partial charge in [0.2, 0.25) is 0 Å². The Labute approximate surface area is 107 Å². The summed E-state index contributed by atoms with van der Waals surface area (Å²) in [4.78, 5) is 0. The van der Waals surface area contributed by atoms with Gasteiger partial charge in [0.15, 0.2) is 0 Å². The maximum atomic E-state index is 9.09. The maximum absolute atomic E-state index is 9.09. The van der Waals surface area contributed by atoms with Crippen LogP contribution in [0.2, 0.25) is 0 Å². The number of nitriles is 1. The Kier molecular flexibility index (Phi) is 3.81. The van der Waals surface area contributed by atoms with Crippen LogP contribution in [0.25, 0.3) is 10.8 Å². The van der Waals surface area contributed by atoms with E-state index in [-0.39, 0.29) is 6.10 Å². The highest BCUT2D eigenvalue weighted by Crippen LogP contribution is 2.28. The Morgan fingerprint density at radius 1 is 1.22 bits per heavy atom. The molecule has 0 radical (unpaired) electrons. The van der Waals surface area contributed by atoms with E-state index in [1.807, 2.05) is 50.4 Å². The monoisotopic (exact) mass is 240 g/mol. The Bertz CT molecular complexity index is 587. The van der Waals surface area contributed by atoms with Crippen LogP contribution in [0.5, 0.6) is 5.75 Å². The van der Waals surface area contributed by atoms with Crippen LogP contribution in [0.15, 0.2) is 36.4 Å². The highest BCUT2D eigenvalue weighted by molar-refractivity contribution is 5.92. The smallest absolute Gasteiger partial charge is 0.127 e. The fourth-order valence-corrected chi connectivity index (χ4v) is 2.02. The van der Waals surface area contributed by atoms with Crippen LogP contribution in [0.3, 0.4) is 0 Å². The van der Waals surface area contributed by atoms with Crippen LogP contribution in [0.1, 0.15) is 12.5 Å². The lowest BCUT2D eigenvalue weighted by Gasteiger charge is -2.16. The summed E-state index contributed by atoms with van der Waals surface area (Å²) in [6, 6.07) is 13.7. The van der Waals surface area contributed by atoms with E-state index < -0.39 is 0 Å². The summed E-state index contributed by atoms with van der Waals surface area (Å²) in [6.45, 7) is 2.80. The van der Waals surface area contributed by atoms with Gasteiger partial charge in [0, 0.05) is 17.3 Å². The van der Waals surface area contributed by atoms with Gasteiger partial charge in [-0.15, -0.1) is 0 Å². The second-order valence-electron chi connectivity index (χ2n) is 4.25. The van der Waals surface area contributed by atoms with E-state index in [1.54, 1.807) is 0 Å². The largest absolute Gasteiger partial charge is 0.489 e. The molecule has 0 saturated carbocycles. The van der Waals surface area contributed by atoms with Crippen LogP contribution in [-0.4, -0.2) is 19.7 Å². The molecule has 0 aliphatic carbocycles. The van der Waals surface area contributed by atoms with E-state index in [4.69, 9.17) is 10.00 Å². The van der Waals surface area contributed by atoms with Crippen LogP contribution >= 0.6 is 0 Å². The zero-order valence-electron chi connectivity index (χ0n) is 10.6. The molecule has 2 aromatic rings. The van der Waals surface area contributed by atoms with Gasteiger partial charge in [-0.05, 0) is 26.1 Å². The molecule has 2 rings (SSSR count). The van der Waals surface area contributed by atoms with Crippen molar-refractivity contribution in [2.24, 2.45) is 0 Å². The van der Waals surface area contributed by atoms with Gasteiger partial charge in [0.05, 0.1) is 11.6 Å². The predicted molar refractivity (Wildman–Crippen MR) is 72.7 cm³/mol. The summed E-state index contributed by atoms with van der Waals surface area (Å²) in [5.74, 6) is 0.826. The molecule has 3 nitrogen and oxygen atoms in total. The number of likely N-dealkylation sites (N-methyl/N-ethyl adjacent to an activating group) is 1. The average molecular weight is 240 g/mol. The summed E-state index contributed by atoms with van der Waals surface area (Å²) in [7, 11) is 1.90. The van der Waals surface area contributed by atoms with Gasteiger partial charge in [-0.25, -0.2) is 0 Å². The number of ether oxygens (including phenoxy) is 1. The van der Waals surface area contributed by atoms with E-state index >= 15 is 0 Å². The van der Waals surface area contributed by atoms with Crippen molar-refractivity contribution in [2.45, 2.75) is 13.0 Å². The Balaban J connectivity index is 2.44. The lowest BCUT2D eigenvalue weighted by atomic mass is 10.0. The molecule has 1 unspecified atom stereocenters. The Hall–Kier alpha value is -2.05. The number of fused-ring (bicyclic) bond motifs is 1. The number of nitrogens with one attached hydrogen (secondary N) is 1. The third-order valence-corrected chi connectivity index (χ3v) is 2.82. The zero-order valence-corrected chi connectivity index (χ0v) is 10.6. The van der Waals surface area contributed by atoms with Gasteiger partial charge in [-0.1, -0.05) is 24.3 Å². The summed E-state index contributed by atoms with van der Waals surface area (Å²) in [6.07, 6.45) is 0.0892. The summed E-state index contributed by atoms with van der Waals surface area (Å²) >= 11 is 0. The molecule has 0 spiro atoms.